The maximum absolute atomic E-state index is 12.0. The van der Waals surface area contributed by atoms with Gasteiger partial charge in [0, 0.05) is 5.75 Å². The molecule has 0 unspecified atom stereocenters. The van der Waals surface area contributed by atoms with Gasteiger partial charge in [0.1, 0.15) is 5.75 Å². The number of hydrogen-bond acceptors (Lipinski definition) is 8. The second-order valence-electron chi connectivity index (χ2n) is 6.19. The minimum absolute atomic E-state index is 0.189. The molecular formula is C21H22N4O2S3. The van der Waals surface area contributed by atoms with Crippen LogP contribution in [0.3, 0.4) is 0 Å². The molecule has 0 aliphatic heterocycles. The third-order valence-electron chi connectivity index (χ3n) is 3.79. The van der Waals surface area contributed by atoms with Crippen molar-refractivity contribution >= 4 is 47.0 Å². The first-order chi connectivity index (χ1) is 14.6. The van der Waals surface area contributed by atoms with Crippen LogP contribution in [0.5, 0.6) is 5.75 Å². The number of nitrogens with zero attached hydrogens (tertiary/aromatic N) is 3. The van der Waals surface area contributed by atoms with E-state index in [1.165, 1.54) is 34.2 Å². The van der Waals surface area contributed by atoms with Crippen LogP contribution in [0.4, 0.5) is 0 Å². The molecule has 1 heterocycles. The molecule has 156 valence electrons. The van der Waals surface area contributed by atoms with Crippen LogP contribution >= 0.6 is 34.9 Å². The number of nitrogens with one attached hydrogen (secondary N) is 1. The molecule has 0 radical (unpaired) electrons. The molecule has 0 aliphatic carbocycles. The maximum Gasteiger partial charge on any atom is 0.250 e. The Morgan fingerprint density at radius 1 is 1.10 bits per heavy atom. The number of thioether (sulfide) groups is 2. The molecule has 1 aromatic heterocycles. The monoisotopic (exact) mass is 458 g/mol. The molecule has 3 rings (SSSR count). The second kappa shape index (κ2) is 11.7. The molecule has 0 saturated carbocycles. The van der Waals surface area contributed by atoms with Gasteiger partial charge in [-0.2, -0.15) is 5.10 Å². The molecule has 0 atom stereocenters. The Morgan fingerprint density at radius 2 is 1.80 bits per heavy atom. The summed E-state index contributed by atoms with van der Waals surface area (Å²) >= 11 is 4.50. The van der Waals surface area contributed by atoms with Gasteiger partial charge in [-0.15, -0.1) is 10.2 Å². The fourth-order valence-electron chi connectivity index (χ4n) is 2.30. The molecule has 0 saturated heterocycles. The van der Waals surface area contributed by atoms with Crippen LogP contribution in [0.25, 0.3) is 0 Å². The third-order valence-corrected chi connectivity index (χ3v) is 7.05. The van der Waals surface area contributed by atoms with Gasteiger partial charge in [0.2, 0.25) is 0 Å². The lowest BCUT2D eigenvalue weighted by Gasteiger charge is -2.02. The summed E-state index contributed by atoms with van der Waals surface area (Å²) in [6.45, 7) is 4.64. The molecule has 6 nitrogen and oxygen atoms in total. The van der Waals surface area contributed by atoms with E-state index < -0.39 is 0 Å². The molecule has 1 N–H and O–H groups in total. The van der Waals surface area contributed by atoms with E-state index in [1.54, 1.807) is 18.0 Å². The van der Waals surface area contributed by atoms with E-state index in [4.69, 9.17) is 4.74 Å². The summed E-state index contributed by atoms with van der Waals surface area (Å²) in [5.41, 5.74) is 5.91. The quantitative estimate of drug-likeness (QED) is 0.268. The van der Waals surface area contributed by atoms with Crippen molar-refractivity contribution in [2.24, 2.45) is 5.10 Å². The van der Waals surface area contributed by atoms with Gasteiger partial charge in [0.15, 0.2) is 8.68 Å². The number of hydrogen-bond donors (Lipinski definition) is 1. The molecule has 1 amide bonds. The average Bonchev–Trinajstić information content (AvgIpc) is 3.21. The molecule has 0 bridgehead atoms. The van der Waals surface area contributed by atoms with E-state index in [0.717, 1.165) is 25.7 Å². The topological polar surface area (TPSA) is 76.5 Å². The second-order valence-corrected chi connectivity index (χ2v) is 9.61. The zero-order valence-corrected chi connectivity index (χ0v) is 19.1. The zero-order valence-electron chi connectivity index (χ0n) is 16.7. The molecule has 3 aromatic rings. The van der Waals surface area contributed by atoms with Gasteiger partial charge >= 0.3 is 0 Å². The van der Waals surface area contributed by atoms with Crippen LogP contribution in [0, 0.1) is 6.92 Å². The summed E-state index contributed by atoms with van der Waals surface area (Å²) in [5.74, 6) is 1.70. The number of carbonyl (C=O) groups excluding carboxylic acids is 1. The van der Waals surface area contributed by atoms with Gasteiger partial charge in [0.05, 0.1) is 18.6 Å². The lowest BCUT2D eigenvalue weighted by Crippen LogP contribution is -2.19. The standard InChI is InChI=1S/C21H22N4O2S3/c1-3-27-18-10-8-16(9-11-18)12-22-23-19(26)14-29-21-25-24-20(30-21)28-13-17-6-4-15(2)5-7-17/h4-12H,3,13-14H2,1-2H3,(H,23,26). The third kappa shape index (κ3) is 7.47. The lowest BCUT2D eigenvalue weighted by molar-refractivity contribution is -0.118. The SMILES string of the molecule is CCOc1ccc(C=NNC(=O)CSc2nnc(SCc3ccc(C)cc3)s2)cc1. The Morgan fingerprint density at radius 3 is 2.50 bits per heavy atom. The molecule has 0 fully saturated rings. The highest BCUT2D eigenvalue weighted by Crippen LogP contribution is 2.30. The fourth-order valence-corrected chi connectivity index (χ4v) is 5.07. The lowest BCUT2D eigenvalue weighted by atomic mass is 10.2. The minimum atomic E-state index is -0.189. The number of aryl methyl sites for hydroxylation is 1. The first-order valence-corrected chi connectivity index (χ1v) is 12.1. The summed E-state index contributed by atoms with van der Waals surface area (Å²) in [6, 6.07) is 16.0. The van der Waals surface area contributed by atoms with E-state index in [0.29, 0.717) is 6.61 Å². The summed E-state index contributed by atoms with van der Waals surface area (Å²) in [6.07, 6.45) is 1.60. The van der Waals surface area contributed by atoms with Crippen molar-refractivity contribution in [3.63, 3.8) is 0 Å². The van der Waals surface area contributed by atoms with Gasteiger partial charge in [-0.1, -0.05) is 64.7 Å². The van der Waals surface area contributed by atoms with Crippen molar-refractivity contribution in [1.29, 1.82) is 0 Å². The van der Waals surface area contributed by atoms with Crippen LogP contribution in [0.15, 0.2) is 62.3 Å². The minimum Gasteiger partial charge on any atom is -0.494 e. The highest BCUT2D eigenvalue weighted by molar-refractivity contribution is 8.03. The maximum atomic E-state index is 12.0. The largest absolute Gasteiger partial charge is 0.494 e. The number of carbonyl (C=O) groups is 1. The molecule has 2 aromatic carbocycles. The van der Waals surface area contributed by atoms with E-state index in [2.05, 4.69) is 51.9 Å². The molecule has 9 heteroatoms. The van der Waals surface area contributed by atoms with Gasteiger partial charge in [0.25, 0.3) is 5.91 Å². The molecule has 30 heavy (non-hydrogen) atoms. The summed E-state index contributed by atoms with van der Waals surface area (Å²) in [5, 5.41) is 12.3. The van der Waals surface area contributed by atoms with Crippen molar-refractivity contribution < 1.29 is 9.53 Å². The fraction of sp³-hybridized carbons (Fsp3) is 0.238. The Balaban J connectivity index is 1.38. The van der Waals surface area contributed by atoms with E-state index in [9.17, 15) is 4.79 Å². The summed E-state index contributed by atoms with van der Waals surface area (Å²) in [7, 11) is 0. The Kier molecular flexibility index (Phi) is 8.73. The van der Waals surface area contributed by atoms with Gasteiger partial charge in [-0.3, -0.25) is 4.79 Å². The van der Waals surface area contributed by atoms with E-state index >= 15 is 0 Å². The average molecular weight is 459 g/mol. The van der Waals surface area contributed by atoms with Crippen LogP contribution in [0.1, 0.15) is 23.6 Å². The van der Waals surface area contributed by atoms with Crippen LogP contribution in [-0.2, 0) is 10.5 Å². The van der Waals surface area contributed by atoms with Gasteiger partial charge < -0.3 is 4.74 Å². The van der Waals surface area contributed by atoms with Crippen molar-refractivity contribution in [3.8, 4) is 5.75 Å². The normalized spacial score (nSPS) is 11.0. The van der Waals surface area contributed by atoms with E-state index in [1.807, 2.05) is 31.2 Å². The smallest absolute Gasteiger partial charge is 0.250 e. The highest BCUT2D eigenvalue weighted by Gasteiger charge is 2.08. The number of hydrazone groups is 1. The van der Waals surface area contributed by atoms with Gasteiger partial charge in [-0.25, -0.2) is 5.43 Å². The summed E-state index contributed by atoms with van der Waals surface area (Å²) < 4.78 is 7.06. The predicted octanol–water partition coefficient (Wildman–Crippen LogP) is 4.78. The first kappa shape index (κ1) is 22.3. The summed E-state index contributed by atoms with van der Waals surface area (Å²) in [4.78, 5) is 12.0. The Hall–Kier alpha value is -2.36. The number of benzene rings is 2. The zero-order chi connectivity index (χ0) is 21.2. The van der Waals surface area contributed by atoms with E-state index in [-0.39, 0.29) is 11.7 Å². The van der Waals surface area contributed by atoms with Gasteiger partial charge in [-0.05, 0) is 49.2 Å². The molecule has 0 spiro atoms. The van der Waals surface area contributed by atoms with Crippen molar-refractivity contribution in [1.82, 2.24) is 15.6 Å². The van der Waals surface area contributed by atoms with Crippen molar-refractivity contribution in [2.75, 3.05) is 12.4 Å². The van der Waals surface area contributed by atoms with Crippen LogP contribution in [0.2, 0.25) is 0 Å². The number of rotatable bonds is 10. The molecular weight excluding hydrogens is 436 g/mol. The Labute approximate surface area is 188 Å². The predicted molar refractivity (Wildman–Crippen MR) is 125 cm³/mol. The Bertz CT molecular complexity index is 973. The number of ether oxygens (including phenoxy) is 1. The van der Waals surface area contributed by atoms with Crippen molar-refractivity contribution in [2.45, 2.75) is 28.3 Å². The molecule has 0 aliphatic rings. The van der Waals surface area contributed by atoms with Crippen LogP contribution < -0.4 is 10.2 Å². The van der Waals surface area contributed by atoms with Crippen LogP contribution in [-0.4, -0.2) is 34.7 Å². The number of aromatic nitrogens is 2. The van der Waals surface area contributed by atoms with Crippen molar-refractivity contribution in [3.05, 3.63) is 65.2 Å². The highest BCUT2D eigenvalue weighted by atomic mass is 32.2. The number of amides is 1. The first-order valence-electron chi connectivity index (χ1n) is 9.32.